The third-order valence-corrected chi connectivity index (χ3v) is 5.50. The van der Waals surface area contributed by atoms with Gasteiger partial charge in [0.1, 0.15) is 5.82 Å². The third kappa shape index (κ3) is 4.86. The molecule has 0 bridgehead atoms. The van der Waals surface area contributed by atoms with Gasteiger partial charge in [-0.2, -0.15) is 15.0 Å². The van der Waals surface area contributed by atoms with E-state index < -0.39 is 0 Å². The third-order valence-electron chi connectivity index (χ3n) is 5.50. The van der Waals surface area contributed by atoms with Gasteiger partial charge in [0.05, 0.1) is 6.54 Å². The SMILES string of the molecule is Nc1nc(CN2CCN(c3ccccc3)CC2)nc(NC2CCCCC2)n1. The Hall–Kier alpha value is -2.41. The zero-order valence-electron chi connectivity index (χ0n) is 15.8. The molecule has 0 amide bonds. The van der Waals surface area contributed by atoms with Crippen LogP contribution < -0.4 is 16.0 Å². The summed E-state index contributed by atoms with van der Waals surface area (Å²) in [6.07, 6.45) is 6.25. The minimum atomic E-state index is 0.307. The molecule has 2 aromatic rings. The van der Waals surface area contributed by atoms with Gasteiger partial charge in [-0.05, 0) is 25.0 Å². The lowest BCUT2D eigenvalue weighted by Crippen LogP contribution is -2.46. The summed E-state index contributed by atoms with van der Waals surface area (Å²) in [4.78, 5) is 18.1. The quantitative estimate of drug-likeness (QED) is 0.840. The van der Waals surface area contributed by atoms with E-state index in [4.69, 9.17) is 5.73 Å². The average Bonchev–Trinajstić information content (AvgIpc) is 2.70. The highest BCUT2D eigenvalue weighted by Crippen LogP contribution is 2.21. The van der Waals surface area contributed by atoms with Crippen molar-refractivity contribution in [3.8, 4) is 0 Å². The summed E-state index contributed by atoms with van der Waals surface area (Å²) in [6.45, 7) is 4.72. The zero-order chi connectivity index (χ0) is 18.5. The average molecular weight is 368 g/mol. The fourth-order valence-corrected chi connectivity index (χ4v) is 4.01. The van der Waals surface area contributed by atoms with E-state index in [2.05, 4.69) is 60.4 Å². The number of nitrogens with two attached hydrogens (primary N) is 1. The fourth-order valence-electron chi connectivity index (χ4n) is 4.01. The second kappa shape index (κ2) is 8.52. The van der Waals surface area contributed by atoms with Crippen LogP contribution in [0.25, 0.3) is 0 Å². The molecular formula is C20H29N7. The first kappa shape index (κ1) is 18.0. The summed E-state index contributed by atoms with van der Waals surface area (Å²) in [5.41, 5.74) is 7.23. The molecule has 7 nitrogen and oxygen atoms in total. The van der Waals surface area contributed by atoms with Crippen LogP contribution in [0.4, 0.5) is 17.6 Å². The molecule has 0 atom stereocenters. The Morgan fingerprint density at radius 1 is 0.926 bits per heavy atom. The number of rotatable bonds is 5. The lowest BCUT2D eigenvalue weighted by atomic mass is 9.96. The molecule has 1 aromatic heterocycles. The summed E-state index contributed by atoms with van der Waals surface area (Å²) < 4.78 is 0. The smallest absolute Gasteiger partial charge is 0.228 e. The van der Waals surface area contributed by atoms with Crippen LogP contribution in [0.15, 0.2) is 30.3 Å². The number of para-hydroxylation sites is 1. The van der Waals surface area contributed by atoms with Crippen LogP contribution in [0.3, 0.4) is 0 Å². The molecule has 2 fully saturated rings. The molecule has 1 aliphatic carbocycles. The Morgan fingerprint density at radius 2 is 1.67 bits per heavy atom. The van der Waals surface area contributed by atoms with Crippen molar-refractivity contribution < 1.29 is 0 Å². The molecule has 2 heterocycles. The maximum Gasteiger partial charge on any atom is 0.228 e. The summed E-state index contributed by atoms with van der Waals surface area (Å²) >= 11 is 0. The van der Waals surface area contributed by atoms with Crippen molar-refractivity contribution in [2.75, 3.05) is 42.1 Å². The highest BCUT2D eigenvalue weighted by molar-refractivity contribution is 5.46. The summed E-state index contributed by atoms with van der Waals surface area (Å²) in [5, 5.41) is 3.46. The Balaban J connectivity index is 1.34. The number of nitrogens with zero attached hydrogens (tertiary/aromatic N) is 5. The van der Waals surface area contributed by atoms with E-state index in [-0.39, 0.29) is 0 Å². The van der Waals surface area contributed by atoms with Crippen LogP contribution in [0.2, 0.25) is 0 Å². The Bertz CT molecular complexity index is 722. The molecule has 4 rings (SSSR count). The first-order valence-electron chi connectivity index (χ1n) is 10.1. The summed E-state index contributed by atoms with van der Waals surface area (Å²) in [6, 6.07) is 11.1. The number of anilines is 3. The lowest BCUT2D eigenvalue weighted by molar-refractivity contribution is 0.244. The van der Waals surface area contributed by atoms with Crippen molar-refractivity contribution in [1.29, 1.82) is 0 Å². The molecule has 1 saturated heterocycles. The monoisotopic (exact) mass is 367 g/mol. The van der Waals surface area contributed by atoms with Gasteiger partial charge in [0.2, 0.25) is 11.9 Å². The molecule has 7 heteroatoms. The number of hydrogen-bond donors (Lipinski definition) is 2. The Labute approximate surface area is 161 Å². The van der Waals surface area contributed by atoms with Crippen LogP contribution in [0.1, 0.15) is 37.9 Å². The number of aromatic nitrogens is 3. The van der Waals surface area contributed by atoms with Crippen molar-refractivity contribution in [3.63, 3.8) is 0 Å². The van der Waals surface area contributed by atoms with Gasteiger partial charge >= 0.3 is 0 Å². The van der Waals surface area contributed by atoms with E-state index in [1.807, 2.05) is 0 Å². The van der Waals surface area contributed by atoms with E-state index in [1.54, 1.807) is 0 Å². The van der Waals surface area contributed by atoms with Crippen LogP contribution >= 0.6 is 0 Å². The maximum absolute atomic E-state index is 5.94. The molecular weight excluding hydrogens is 338 g/mol. The largest absolute Gasteiger partial charge is 0.369 e. The normalized spacial score (nSPS) is 19.2. The van der Waals surface area contributed by atoms with Crippen molar-refractivity contribution in [2.45, 2.75) is 44.7 Å². The summed E-state index contributed by atoms with van der Waals surface area (Å²) in [5.74, 6) is 1.70. The van der Waals surface area contributed by atoms with E-state index in [0.717, 1.165) is 32.0 Å². The lowest BCUT2D eigenvalue weighted by Gasteiger charge is -2.35. The molecule has 0 spiro atoms. The zero-order valence-corrected chi connectivity index (χ0v) is 15.8. The Kier molecular flexibility index (Phi) is 5.67. The van der Waals surface area contributed by atoms with E-state index in [9.17, 15) is 0 Å². The first-order valence-corrected chi connectivity index (χ1v) is 10.1. The van der Waals surface area contributed by atoms with E-state index >= 15 is 0 Å². The molecule has 3 N–H and O–H groups in total. The predicted molar refractivity (Wildman–Crippen MR) is 109 cm³/mol. The van der Waals surface area contributed by atoms with Crippen molar-refractivity contribution in [2.24, 2.45) is 0 Å². The van der Waals surface area contributed by atoms with Crippen molar-refractivity contribution >= 4 is 17.6 Å². The highest BCUT2D eigenvalue weighted by atomic mass is 15.3. The van der Waals surface area contributed by atoms with E-state index in [1.165, 1.54) is 37.8 Å². The number of benzene rings is 1. The molecule has 1 saturated carbocycles. The molecule has 0 unspecified atom stereocenters. The maximum atomic E-state index is 5.94. The van der Waals surface area contributed by atoms with Gasteiger partial charge in [0.25, 0.3) is 0 Å². The van der Waals surface area contributed by atoms with Gasteiger partial charge in [-0.1, -0.05) is 37.5 Å². The van der Waals surface area contributed by atoms with Crippen molar-refractivity contribution in [1.82, 2.24) is 19.9 Å². The molecule has 144 valence electrons. The van der Waals surface area contributed by atoms with E-state index in [0.29, 0.717) is 24.5 Å². The van der Waals surface area contributed by atoms with Gasteiger partial charge in [0.15, 0.2) is 0 Å². The predicted octanol–water partition coefficient (Wildman–Crippen LogP) is 2.52. The fraction of sp³-hybridized carbons (Fsp3) is 0.550. The minimum Gasteiger partial charge on any atom is -0.369 e. The molecule has 1 aromatic carbocycles. The number of hydrogen-bond acceptors (Lipinski definition) is 7. The number of piperazine rings is 1. The van der Waals surface area contributed by atoms with Gasteiger partial charge < -0.3 is 16.0 Å². The van der Waals surface area contributed by atoms with Gasteiger partial charge in [-0.15, -0.1) is 0 Å². The van der Waals surface area contributed by atoms with Crippen molar-refractivity contribution in [3.05, 3.63) is 36.2 Å². The first-order chi connectivity index (χ1) is 13.3. The van der Waals surface area contributed by atoms with Gasteiger partial charge in [0, 0.05) is 37.9 Å². The van der Waals surface area contributed by atoms with Gasteiger partial charge in [-0.3, -0.25) is 4.90 Å². The van der Waals surface area contributed by atoms with Gasteiger partial charge in [-0.25, -0.2) is 0 Å². The van der Waals surface area contributed by atoms with Crippen LogP contribution in [-0.2, 0) is 6.54 Å². The van der Waals surface area contributed by atoms with Crippen LogP contribution in [0, 0.1) is 0 Å². The molecule has 1 aliphatic heterocycles. The molecule has 0 radical (unpaired) electrons. The second-order valence-electron chi connectivity index (χ2n) is 7.51. The van der Waals surface area contributed by atoms with Crippen LogP contribution in [-0.4, -0.2) is 52.1 Å². The highest BCUT2D eigenvalue weighted by Gasteiger charge is 2.19. The molecule has 27 heavy (non-hydrogen) atoms. The molecule has 2 aliphatic rings. The minimum absolute atomic E-state index is 0.307. The number of nitrogens with one attached hydrogen (secondary N) is 1. The topological polar surface area (TPSA) is 83.2 Å². The standard InChI is InChI=1S/C20H29N7/c21-19-23-18(24-20(25-19)22-16-7-3-1-4-8-16)15-26-11-13-27(14-12-26)17-9-5-2-6-10-17/h2,5-6,9-10,16H,1,3-4,7-8,11-15H2,(H3,21,22,23,24,25). The summed E-state index contributed by atoms with van der Waals surface area (Å²) in [7, 11) is 0. The Morgan fingerprint density at radius 3 is 2.41 bits per heavy atom. The van der Waals surface area contributed by atoms with Crippen LogP contribution in [0.5, 0.6) is 0 Å². The second-order valence-corrected chi connectivity index (χ2v) is 7.51. The number of nitrogen functional groups attached to an aromatic ring is 1.